The zero-order valence-electron chi connectivity index (χ0n) is 8.51. The average molecular weight is 307 g/mol. The van der Waals surface area contributed by atoms with E-state index in [1.54, 1.807) is 0 Å². The lowest BCUT2D eigenvalue weighted by molar-refractivity contribution is -0.613. The molecule has 16 heavy (non-hydrogen) atoms. The maximum Gasteiger partial charge on any atom is 0.159 e. The minimum atomic E-state index is -3.07. The molecule has 0 aliphatic carbocycles. The predicted octanol–water partition coefficient (Wildman–Crippen LogP) is -0.198. The molecule has 1 fully saturated rings. The summed E-state index contributed by atoms with van der Waals surface area (Å²) in [6, 6.07) is 7.28. The molecule has 0 aromatic heterocycles. The highest BCUT2D eigenvalue weighted by Gasteiger charge is 2.39. The van der Waals surface area contributed by atoms with E-state index in [4.69, 9.17) is 0 Å². The van der Waals surface area contributed by atoms with Crippen LogP contribution >= 0.6 is 15.9 Å². The SMILES string of the molecule is O=S1(=O)C[C@@H](O)[C@@H]([NH2+]c2cccc(Br)c2)C1. The third kappa shape index (κ3) is 2.82. The standard InChI is InChI=1S/C10H12BrNO3S/c11-7-2-1-3-8(4-7)12-9-5-16(14,15)6-10(9)13/h1-4,9-10,12-13H,5-6H2/p+1/t9-,10+/m0/s1. The van der Waals surface area contributed by atoms with Crippen molar-refractivity contribution in [2.45, 2.75) is 12.1 Å². The fourth-order valence-corrected chi connectivity index (χ4v) is 4.10. The van der Waals surface area contributed by atoms with E-state index >= 15 is 0 Å². The normalized spacial score (nSPS) is 28.1. The summed E-state index contributed by atoms with van der Waals surface area (Å²) in [5.41, 5.74) is 0.926. The molecule has 1 aliphatic rings. The first-order valence-electron chi connectivity index (χ1n) is 4.95. The molecule has 3 N–H and O–H groups in total. The number of halogens is 1. The first-order chi connectivity index (χ1) is 7.46. The van der Waals surface area contributed by atoms with Crippen molar-refractivity contribution in [1.82, 2.24) is 0 Å². The number of hydrogen-bond donors (Lipinski definition) is 2. The van der Waals surface area contributed by atoms with Gasteiger partial charge in [0, 0.05) is 10.5 Å². The predicted molar refractivity (Wildman–Crippen MR) is 64.2 cm³/mol. The van der Waals surface area contributed by atoms with E-state index in [1.165, 1.54) is 0 Å². The van der Waals surface area contributed by atoms with Gasteiger partial charge in [-0.2, -0.15) is 0 Å². The lowest BCUT2D eigenvalue weighted by Crippen LogP contribution is -2.87. The van der Waals surface area contributed by atoms with Crippen molar-refractivity contribution in [1.29, 1.82) is 0 Å². The number of sulfone groups is 1. The Morgan fingerprint density at radius 2 is 2.12 bits per heavy atom. The molecule has 1 aliphatic heterocycles. The summed E-state index contributed by atoms with van der Waals surface area (Å²) >= 11 is 3.35. The van der Waals surface area contributed by atoms with Crippen LogP contribution in [0.4, 0.5) is 5.69 Å². The Morgan fingerprint density at radius 3 is 2.69 bits per heavy atom. The molecule has 2 atom stereocenters. The van der Waals surface area contributed by atoms with E-state index < -0.39 is 15.9 Å². The number of aliphatic hydroxyl groups is 1. The maximum absolute atomic E-state index is 11.3. The molecule has 1 heterocycles. The second-order valence-corrected chi connectivity index (χ2v) is 7.10. The van der Waals surface area contributed by atoms with Gasteiger partial charge >= 0.3 is 0 Å². The van der Waals surface area contributed by atoms with E-state index in [-0.39, 0.29) is 17.5 Å². The van der Waals surface area contributed by atoms with Crippen molar-refractivity contribution in [2.24, 2.45) is 0 Å². The summed E-state index contributed by atoms with van der Waals surface area (Å²) in [7, 11) is -3.07. The van der Waals surface area contributed by atoms with Gasteiger partial charge in [-0.15, -0.1) is 0 Å². The van der Waals surface area contributed by atoms with Gasteiger partial charge in [0.15, 0.2) is 9.84 Å². The maximum atomic E-state index is 11.3. The van der Waals surface area contributed by atoms with E-state index in [1.807, 2.05) is 29.6 Å². The van der Waals surface area contributed by atoms with E-state index in [2.05, 4.69) is 15.9 Å². The van der Waals surface area contributed by atoms with Crippen LogP contribution in [0.25, 0.3) is 0 Å². The van der Waals surface area contributed by atoms with Crippen LogP contribution in [-0.2, 0) is 9.84 Å². The van der Waals surface area contributed by atoms with Crippen LogP contribution in [0.2, 0.25) is 0 Å². The molecule has 0 spiro atoms. The largest absolute Gasteiger partial charge is 0.386 e. The lowest BCUT2D eigenvalue weighted by Gasteiger charge is -2.10. The Kier molecular flexibility index (Phi) is 3.34. The number of quaternary nitrogens is 1. The molecule has 1 saturated heterocycles. The lowest BCUT2D eigenvalue weighted by atomic mass is 10.2. The van der Waals surface area contributed by atoms with Crippen LogP contribution in [0.15, 0.2) is 28.7 Å². The molecule has 0 radical (unpaired) electrons. The van der Waals surface area contributed by atoms with Crippen molar-refractivity contribution in [3.63, 3.8) is 0 Å². The van der Waals surface area contributed by atoms with E-state index in [0.29, 0.717) is 0 Å². The van der Waals surface area contributed by atoms with Crippen LogP contribution in [0.3, 0.4) is 0 Å². The Morgan fingerprint density at radius 1 is 1.38 bits per heavy atom. The molecule has 0 unspecified atom stereocenters. The van der Waals surface area contributed by atoms with Crippen molar-refractivity contribution in [2.75, 3.05) is 11.5 Å². The third-order valence-corrected chi connectivity index (χ3v) is 4.86. The van der Waals surface area contributed by atoms with Gasteiger partial charge in [0.05, 0.1) is 5.75 Å². The third-order valence-electron chi connectivity index (χ3n) is 2.62. The molecular weight excluding hydrogens is 294 g/mol. The first-order valence-corrected chi connectivity index (χ1v) is 7.57. The van der Waals surface area contributed by atoms with Gasteiger partial charge in [-0.1, -0.05) is 22.0 Å². The molecule has 4 nitrogen and oxygen atoms in total. The zero-order chi connectivity index (χ0) is 11.8. The highest BCUT2D eigenvalue weighted by atomic mass is 79.9. The molecule has 6 heteroatoms. The highest BCUT2D eigenvalue weighted by molar-refractivity contribution is 9.10. The number of hydrogen-bond acceptors (Lipinski definition) is 3. The molecule has 0 saturated carbocycles. The van der Waals surface area contributed by atoms with Crippen molar-refractivity contribution in [3.05, 3.63) is 28.7 Å². The molecule has 1 aromatic rings. The minimum absolute atomic E-state index is 0.0423. The summed E-state index contributed by atoms with van der Waals surface area (Å²) in [6.45, 7) is 0. The number of nitrogens with two attached hydrogens (primary N) is 1. The van der Waals surface area contributed by atoms with Crippen LogP contribution in [0.1, 0.15) is 0 Å². The van der Waals surface area contributed by atoms with Gasteiger partial charge in [-0.25, -0.2) is 8.42 Å². The van der Waals surface area contributed by atoms with Gasteiger partial charge < -0.3 is 10.4 Å². The molecule has 88 valence electrons. The van der Waals surface area contributed by atoms with Gasteiger partial charge in [0.25, 0.3) is 0 Å². The molecule has 0 bridgehead atoms. The topological polar surface area (TPSA) is 71.0 Å². The molecule has 0 amide bonds. The smallest absolute Gasteiger partial charge is 0.159 e. The first kappa shape index (κ1) is 12.0. The summed E-state index contributed by atoms with van der Waals surface area (Å²) in [5.74, 6) is -0.0805. The second-order valence-electron chi connectivity index (χ2n) is 4.03. The van der Waals surface area contributed by atoms with Crippen LogP contribution < -0.4 is 5.32 Å². The fraction of sp³-hybridized carbons (Fsp3) is 0.400. The summed E-state index contributed by atoms with van der Waals surface area (Å²) in [6.07, 6.45) is -0.774. The Labute approximate surface area is 103 Å². The van der Waals surface area contributed by atoms with Crippen LogP contribution in [-0.4, -0.2) is 37.2 Å². The van der Waals surface area contributed by atoms with E-state index in [9.17, 15) is 13.5 Å². The second kappa shape index (κ2) is 4.44. The fourth-order valence-electron chi connectivity index (χ4n) is 1.87. The Bertz CT molecular complexity index is 489. The molecule has 1 aromatic carbocycles. The Hall–Kier alpha value is -0.430. The van der Waals surface area contributed by atoms with Crippen molar-refractivity contribution < 1.29 is 18.8 Å². The Balaban J connectivity index is 2.11. The van der Waals surface area contributed by atoms with Crippen molar-refractivity contribution >= 4 is 31.5 Å². The van der Waals surface area contributed by atoms with Crippen molar-refractivity contribution in [3.8, 4) is 0 Å². The highest BCUT2D eigenvalue weighted by Crippen LogP contribution is 2.14. The average Bonchev–Trinajstić information content (AvgIpc) is 2.39. The van der Waals surface area contributed by atoms with Gasteiger partial charge in [0.2, 0.25) is 0 Å². The monoisotopic (exact) mass is 306 g/mol. The number of aliphatic hydroxyl groups excluding tert-OH is 1. The van der Waals surface area contributed by atoms with Gasteiger partial charge in [-0.05, 0) is 12.1 Å². The summed E-state index contributed by atoms with van der Waals surface area (Å²) in [5, 5.41) is 11.5. The summed E-state index contributed by atoms with van der Waals surface area (Å²) < 4.78 is 23.6. The van der Waals surface area contributed by atoms with E-state index in [0.717, 1.165) is 10.2 Å². The zero-order valence-corrected chi connectivity index (χ0v) is 10.9. The minimum Gasteiger partial charge on any atom is -0.386 e. The number of benzene rings is 1. The van der Waals surface area contributed by atoms with Crippen LogP contribution in [0.5, 0.6) is 0 Å². The van der Waals surface area contributed by atoms with Gasteiger partial charge in [-0.3, -0.25) is 0 Å². The van der Waals surface area contributed by atoms with Crippen LogP contribution in [0, 0.1) is 0 Å². The molecular formula is C10H13BrNO3S+. The van der Waals surface area contributed by atoms with Gasteiger partial charge in [0.1, 0.15) is 23.6 Å². The molecule has 2 rings (SSSR count). The number of rotatable bonds is 2. The quantitative estimate of drug-likeness (QED) is 0.744. The summed E-state index contributed by atoms with van der Waals surface area (Å²) in [4.78, 5) is 0.